The van der Waals surface area contributed by atoms with E-state index in [2.05, 4.69) is 5.10 Å². The molecular formula is C16H18F6N2. The van der Waals surface area contributed by atoms with Gasteiger partial charge in [-0.05, 0) is 37.1 Å². The fourth-order valence-electron chi connectivity index (χ4n) is 2.13. The minimum Gasteiger partial charge on any atom is -0.265 e. The predicted octanol–water partition coefficient (Wildman–Crippen LogP) is 5.86. The zero-order chi connectivity index (χ0) is 18.7. The van der Waals surface area contributed by atoms with Crippen molar-refractivity contribution in [2.45, 2.75) is 46.1 Å². The largest absolute Gasteiger partial charge is 0.416 e. The zero-order valence-corrected chi connectivity index (χ0v) is 13.6. The molecule has 2 rings (SSSR count). The Labute approximate surface area is 136 Å². The molecule has 1 atom stereocenters. The molecule has 0 bridgehead atoms. The highest BCUT2D eigenvalue weighted by Crippen LogP contribution is 2.39. The Morgan fingerprint density at radius 3 is 2.00 bits per heavy atom. The molecule has 1 aromatic carbocycles. The van der Waals surface area contributed by atoms with Gasteiger partial charge >= 0.3 is 12.4 Å². The third-order valence-electron chi connectivity index (χ3n) is 3.26. The lowest BCUT2D eigenvalue weighted by atomic mass is 9.98. The first kappa shape index (κ1) is 20.1. The quantitative estimate of drug-likeness (QED) is 0.619. The first-order valence-corrected chi connectivity index (χ1v) is 7.29. The summed E-state index contributed by atoms with van der Waals surface area (Å²) in [5, 5.41) is 3.91. The molecule has 0 fully saturated rings. The Kier molecular flexibility index (Phi) is 6.08. The minimum atomic E-state index is -4.88. The van der Waals surface area contributed by atoms with Gasteiger partial charge in [-0.2, -0.15) is 31.4 Å². The molecule has 0 saturated carbocycles. The molecule has 0 aliphatic rings. The molecule has 1 aromatic heterocycles. The molecule has 0 saturated heterocycles. The van der Waals surface area contributed by atoms with E-state index in [1.165, 1.54) is 24.0 Å². The van der Waals surface area contributed by atoms with Crippen molar-refractivity contribution in [3.05, 3.63) is 52.8 Å². The van der Waals surface area contributed by atoms with Crippen LogP contribution in [0.25, 0.3) is 0 Å². The lowest BCUT2D eigenvalue weighted by molar-refractivity contribution is -0.143. The highest BCUT2D eigenvalue weighted by atomic mass is 19.4. The van der Waals surface area contributed by atoms with Crippen molar-refractivity contribution in [3.8, 4) is 0 Å². The van der Waals surface area contributed by atoms with Crippen LogP contribution in [0.4, 0.5) is 26.3 Å². The standard InChI is InChI=1S/C14H12F6N2.C2H6/c1-8-6-21-22(7-8)9(2)11-4-3-10(13(15,16)17)5-12(11)14(18,19)20;1-2/h3-7,9H,1-2H3;1-2H3. The van der Waals surface area contributed by atoms with E-state index in [-0.39, 0.29) is 11.6 Å². The molecule has 1 unspecified atom stereocenters. The van der Waals surface area contributed by atoms with E-state index in [4.69, 9.17) is 0 Å². The van der Waals surface area contributed by atoms with E-state index >= 15 is 0 Å². The van der Waals surface area contributed by atoms with Crippen LogP contribution >= 0.6 is 0 Å². The monoisotopic (exact) mass is 352 g/mol. The predicted molar refractivity (Wildman–Crippen MR) is 78.6 cm³/mol. The Balaban J connectivity index is 0.00000139. The average Bonchev–Trinajstić information content (AvgIpc) is 2.93. The summed E-state index contributed by atoms with van der Waals surface area (Å²) >= 11 is 0. The highest BCUT2D eigenvalue weighted by Gasteiger charge is 2.39. The summed E-state index contributed by atoms with van der Waals surface area (Å²) in [7, 11) is 0. The van der Waals surface area contributed by atoms with Gasteiger partial charge in [0.15, 0.2) is 0 Å². The van der Waals surface area contributed by atoms with E-state index in [0.717, 1.165) is 11.6 Å². The third-order valence-corrected chi connectivity index (χ3v) is 3.26. The van der Waals surface area contributed by atoms with Gasteiger partial charge in [0.05, 0.1) is 23.4 Å². The van der Waals surface area contributed by atoms with Crippen LogP contribution in [0, 0.1) is 6.92 Å². The Hall–Kier alpha value is -1.99. The molecule has 8 heteroatoms. The van der Waals surface area contributed by atoms with Crippen molar-refractivity contribution in [2.75, 3.05) is 0 Å². The maximum absolute atomic E-state index is 13.1. The summed E-state index contributed by atoms with van der Waals surface area (Å²) in [6.07, 6.45) is -6.71. The van der Waals surface area contributed by atoms with Gasteiger partial charge in [-0.25, -0.2) is 0 Å². The van der Waals surface area contributed by atoms with E-state index in [9.17, 15) is 26.3 Å². The van der Waals surface area contributed by atoms with Crippen LogP contribution in [-0.4, -0.2) is 9.78 Å². The number of aryl methyl sites for hydroxylation is 1. The van der Waals surface area contributed by atoms with Gasteiger partial charge in [0.2, 0.25) is 0 Å². The number of benzene rings is 1. The molecule has 24 heavy (non-hydrogen) atoms. The number of nitrogens with zero attached hydrogens (tertiary/aromatic N) is 2. The summed E-state index contributed by atoms with van der Waals surface area (Å²) in [6, 6.07) is 0.806. The van der Waals surface area contributed by atoms with E-state index < -0.39 is 29.5 Å². The number of hydrogen-bond acceptors (Lipinski definition) is 1. The normalized spacial score (nSPS) is 13.2. The van der Waals surface area contributed by atoms with Gasteiger partial charge in [-0.1, -0.05) is 19.9 Å². The zero-order valence-electron chi connectivity index (χ0n) is 13.6. The number of hydrogen-bond donors (Lipinski definition) is 0. The minimum absolute atomic E-state index is 0.141. The molecular weight excluding hydrogens is 334 g/mol. The number of aromatic nitrogens is 2. The molecule has 0 radical (unpaired) electrons. The second-order valence-corrected chi connectivity index (χ2v) is 4.97. The van der Waals surface area contributed by atoms with Crippen molar-refractivity contribution < 1.29 is 26.3 Å². The highest BCUT2D eigenvalue weighted by molar-refractivity contribution is 5.37. The maximum Gasteiger partial charge on any atom is 0.416 e. The third kappa shape index (κ3) is 4.52. The van der Waals surface area contributed by atoms with Crippen LogP contribution in [0.3, 0.4) is 0 Å². The van der Waals surface area contributed by atoms with E-state index in [0.29, 0.717) is 6.07 Å². The van der Waals surface area contributed by atoms with Crippen molar-refractivity contribution in [3.63, 3.8) is 0 Å². The number of halogens is 6. The van der Waals surface area contributed by atoms with Crippen LogP contribution in [0.15, 0.2) is 30.6 Å². The van der Waals surface area contributed by atoms with E-state index in [1.54, 1.807) is 6.92 Å². The molecule has 0 N–H and O–H groups in total. The van der Waals surface area contributed by atoms with Crippen molar-refractivity contribution in [2.24, 2.45) is 0 Å². The lowest BCUT2D eigenvalue weighted by Crippen LogP contribution is -2.17. The Morgan fingerprint density at radius 1 is 1.00 bits per heavy atom. The number of rotatable bonds is 2. The van der Waals surface area contributed by atoms with Gasteiger partial charge in [-0.15, -0.1) is 0 Å². The molecule has 0 spiro atoms. The summed E-state index contributed by atoms with van der Waals surface area (Å²) in [4.78, 5) is 0. The van der Waals surface area contributed by atoms with Crippen LogP contribution in [-0.2, 0) is 12.4 Å². The van der Waals surface area contributed by atoms with Gasteiger partial charge < -0.3 is 0 Å². The van der Waals surface area contributed by atoms with Crippen LogP contribution in [0.2, 0.25) is 0 Å². The van der Waals surface area contributed by atoms with Gasteiger partial charge in [-0.3, -0.25) is 4.68 Å². The summed E-state index contributed by atoms with van der Waals surface area (Å²) in [5.74, 6) is 0. The fourth-order valence-corrected chi connectivity index (χ4v) is 2.13. The fraction of sp³-hybridized carbons (Fsp3) is 0.438. The lowest BCUT2D eigenvalue weighted by Gasteiger charge is -2.20. The first-order valence-electron chi connectivity index (χ1n) is 7.29. The molecule has 1 heterocycles. The Bertz CT molecular complexity index is 670. The summed E-state index contributed by atoms with van der Waals surface area (Å²) in [5.41, 5.74) is -2.15. The van der Waals surface area contributed by atoms with Crippen molar-refractivity contribution in [1.29, 1.82) is 0 Å². The number of alkyl halides is 6. The first-order chi connectivity index (χ1) is 11.0. The molecule has 2 nitrogen and oxygen atoms in total. The molecule has 0 amide bonds. The molecule has 2 aromatic rings. The van der Waals surface area contributed by atoms with Crippen molar-refractivity contribution >= 4 is 0 Å². The second-order valence-electron chi connectivity index (χ2n) is 4.97. The topological polar surface area (TPSA) is 17.8 Å². The summed E-state index contributed by atoms with van der Waals surface area (Å²) < 4.78 is 78.5. The van der Waals surface area contributed by atoms with Crippen LogP contribution < -0.4 is 0 Å². The SMILES string of the molecule is CC.Cc1cnn(C(C)c2ccc(C(F)(F)F)cc2C(F)(F)F)c1. The smallest absolute Gasteiger partial charge is 0.265 e. The van der Waals surface area contributed by atoms with Gasteiger partial charge in [0, 0.05) is 6.20 Å². The second kappa shape index (κ2) is 7.27. The maximum atomic E-state index is 13.1. The van der Waals surface area contributed by atoms with Gasteiger partial charge in [0.25, 0.3) is 0 Å². The van der Waals surface area contributed by atoms with Crippen LogP contribution in [0.5, 0.6) is 0 Å². The van der Waals surface area contributed by atoms with E-state index in [1.807, 2.05) is 13.8 Å². The molecule has 0 aliphatic carbocycles. The van der Waals surface area contributed by atoms with Gasteiger partial charge in [0.1, 0.15) is 0 Å². The van der Waals surface area contributed by atoms with Crippen LogP contribution in [0.1, 0.15) is 49.1 Å². The molecule has 134 valence electrons. The Morgan fingerprint density at radius 2 is 1.58 bits per heavy atom. The van der Waals surface area contributed by atoms with Crippen molar-refractivity contribution in [1.82, 2.24) is 9.78 Å². The molecule has 0 aliphatic heterocycles. The average molecular weight is 352 g/mol. The summed E-state index contributed by atoms with van der Waals surface area (Å²) in [6.45, 7) is 7.16.